The molecule has 7 heteroatoms. The molecule has 0 aliphatic rings. The molecule has 0 aliphatic heterocycles. The molecule has 134 valence electrons. The van der Waals surface area contributed by atoms with Gasteiger partial charge >= 0.3 is 0 Å². The molecule has 2 aromatic heterocycles. The van der Waals surface area contributed by atoms with Gasteiger partial charge in [-0.05, 0) is 43.7 Å². The number of nitrogens with zero attached hydrogens (tertiary/aromatic N) is 2. The highest BCUT2D eigenvalue weighted by molar-refractivity contribution is 7.17. The molecule has 2 N–H and O–H groups in total. The van der Waals surface area contributed by atoms with E-state index >= 15 is 0 Å². The summed E-state index contributed by atoms with van der Waals surface area (Å²) < 4.78 is 5.59. The Labute approximate surface area is 155 Å². The Balaban J connectivity index is 1.79. The van der Waals surface area contributed by atoms with Gasteiger partial charge in [-0.2, -0.15) is 0 Å². The maximum Gasteiger partial charge on any atom is 0.265 e. The number of rotatable bonds is 5. The second-order valence-electron chi connectivity index (χ2n) is 6.07. The molecule has 0 bridgehead atoms. The van der Waals surface area contributed by atoms with Gasteiger partial charge in [-0.1, -0.05) is 12.1 Å². The first-order valence-corrected chi connectivity index (χ1v) is 8.85. The zero-order chi connectivity index (χ0) is 18.8. The normalized spacial score (nSPS) is 10.7. The summed E-state index contributed by atoms with van der Waals surface area (Å²) >= 11 is 1.31. The summed E-state index contributed by atoms with van der Waals surface area (Å²) in [6.07, 6.45) is 0. The van der Waals surface area contributed by atoms with Gasteiger partial charge in [-0.15, -0.1) is 11.3 Å². The van der Waals surface area contributed by atoms with Gasteiger partial charge < -0.3 is 15.1 Å². The van der Waals surface area contributed by atoms with Crippen LogP contribution in [0.15, 0.2) is 40.8 Å². The molecule has 0 atom stereocenters. The van der Waals surface area contributed by atoms with Crippen molar-refractivity contribution in [2.24, 2.45) is 5.73 Å². The van der Waals surface area contributed by atoms with Crippen molar-refractivity contribution in [3.63, 3.8) is 0 Å². The summed E-state index contributed by atoms with van der Waals surface area (Å²) in [5.41, 5.74) is 7.24. The zero-order valence-electron chi connectivity index (χ0n) is 14.8. The van der Waals surface area contributed by atoms with E-state index in [1.54, 1.807) is 30.1 Å². The van der Waals surface area contributed by atoms with Crippen LogP contribution < -0.4 is 5.73 Å². The highest BCUT2D eigenvalue weighted by Gasteiger charge is 2.21. The molecule has 0 fully saturated rings. The van der Waals surface area contributed by atoms with Crippen LogP contribution in [-0.2, 0) is 6.54 Å². The average Bonchev–Trinajstić information content (AvgIpc) is 3.20. The number of amides is 2. The molecule has 2 heterocycles. The second kappa shape index (κ2) is 7.13. The Kier molecular flexibility index (Phi) is 4.90. The number of thiazole rings is 1. The third kappa shape index (κ3) is 3.67. The quantitative estimate of drug-likeness (QED) is 0.746. The number of benzene rings is 1. The van der Waals surface area contributed by atoms with Gasteiger partial charge in [0.15, 0.2) is 10.8 Å². The van der Waals surface area contributed by atoms with Crippen molar-refractivity contribution in [1.82, 2.24) is 9.88 Å². The highest BCUT2D eigenvalue weighted by Crippen LogP contribution is 2.30. The molecule has 0 spiro atoms. The predicted octanol–water partition coefficient (Wildman–Crippen LogP) is 3.39. The molecule has 0 saturated carbocycles. The molecule has 2 amide bonds. The summed E-state index contributed by atoms with van der Waals surface area (Å²) in [5.74, 6) is 0.843. The smallest absolute Gasteiger partial charge is 0.265 e. The largest absolute Gasteiger partial charge is 0.459 e. The Morgan fingerprint density at radius 2 is 2.00 bits per heavy atom. The lowest BCUT2D eigenvalue weighted by molar-refractivity contribution is 0.0789. The number of carbonyl (C=O) groups is 2. The minimum atomic E-state index is -0.488. The van der Waals surface area contributed by atoms with E-state index in [9.17, 15) is 9.59 Å². The van der Waals surface area contributed by atoms with Gasteiger partial charge in [0.2, 0.25) is 5.91 Å². The van der Waals surface area contributed by atoms with Gasteiger partial charge in [-0.3, -0.25) is 9.59 Å². The van der Waals surface area contributed by atoms with Gasteiger partial charge in [0.25, 0.3) is 5.91 Å². The topological polar surface area (TPSA) is 89.4 Å². The Morgan fingerprint density at radius 3 is 2.65 bits per heavy atom. The van der Waals surface area contributed by atoms with Crippen molar-refractivity contribution >= 4 is 23.2 Å². The Hall–Kier alpha value is -2.93. The van der Waals surface area contributed by atoms with E-state index in [1.165, 1.54) is 11.3 Å². The molecule has 26 heavy (non-hydrogen) atoms. The standard InChI is InChI=1S/C19H19N3O3S/c1-11-7-8-15(25-11)18-21-12(2)16(26-18)19(24)22(3)10-13-5-4-6-14(9-13)17(20)23/h4-9H,10H2,1-3H3,(H2,20,23). The summed E-state index contributed by atoms with van der Waals surface area (Å²) in [7, 11) is 1.72. The van der Waals surface area contributed by atoms with E-state index in [0.717, 1.165) is 11.3 Å². The van der Waals surface area contributed by atoms with Crippen molar-refractivity contribution in [3.05, 3.63) is 63.9 Å². The Morgan fingerprint density at radius 1 is 1.23 bits per heavy atom. The van der Waals surface area contributed by atoms with Crippen LogP contribution in [0.2, 0.25) is 0 Å². The summed E-state index contributed by atoms with van der Waals surface area (Å²) in [6.45, 7) is 4.04. The summed E-state index contributed by atoms with van der Waals surface area (Å²) in [5, 5.41) is 0.683. The van der Waals surface area contributed by atoms with Crippen LogP contribution >= 0.6 is 11.3 Å². The van der Waals surface area contributed by atoms with Crippen LogP contribution in [0, 0.1) is 13.8 Å². The van der Waals surface area contributed by atoms with Crippen LogP contribution in [0.25, 0.3) is 10.8 Å². The van der Waals surface area contributed by atoms with Crippen molar-refractivity contribution < 1.29 is 14.0 Å². The highest BCUT2D eigenvalue weighted by atomic mass is 32.1. The number of carbonyl (C=O) groups excluding carboxylic acids is 2. The first-order chi connectivity index (χ1) is 12.3. The van der Waals surface area contributed by atoms with Gasteiger partial charge in [0, 0.05) is 19.2 Å². The fraction of sp³-hybridized carbons (Fsp3) is 0.211. The van der Waals surface area contributed by atoms with Gasteiger partial charge in [0.05, 0.1) is 5.69 Å². The van der Waals surface area contributed by atoms with E-state index in [2.05, 4.69) is 4.98 Å². The van der Waals surface area contributed by atoms with Crippen molar-refractivity contribution in [2.45, 2.75) is 20.4 Å². The second-order valence-corrected chi connectivity index (χ2v) is 7.07. The molecule has 0 radical (unpaired) electrons. The molecule has 0 unspecified atom stereocenters. The van der Waals surface area contributed by atoms with Gasteiger partial charge in [-0.25, -0.2) is 4.98 Å². The molecule has 6 nitrogen and oxygen atoms in total. The minimum Gasteiger partial charge on any atom is -0.459 e. The van der Waals surface area contributed by atoms with Crippen molar-refractivity contribution in [3.8, 4) is 10.8 Å². The molecular formula is C19H19N3O3S. The van der Waals surface area contributed by atoms with E-state index in [-0.39, 0.29) is 5.91 Å². The van der Waals surface area contributed by atoms with Crippen LogP contribution in [0.4, 0.5) is 0 Å². The van der Waals surface area contributed by atoms with Crippen LogP contribution in [0.1, 0.15) is 37.0 Å². The SMILES string of the molecule is Cc1ccc(-c2nc(C)c(C(=O)N(C)Cc3cccc(C(N)=O)c3)s2)o1. The summed E-state index contributed by atoms with van der Waals surface area (Å²) in [4.78, 5) is 30.7. The third-order valence-corrected chi connectivity index (χ3v) is 5.08. The maximum atomic E-state index is 12.8. The van der Waals surface area contributed by atoms with Crippen molar-refractivity contribution in [1.29, 1.82) is 0 Å². The first-order valence-electron chi connectivity index (χ1n) is 8.03. The monoisotopic (exact) mass is 369 g/mol. The number of hydrogen-bond donors (Lipinski definition) is 1. The predicted molar refractivity (Wildman–Crippen MR) is 100 cm³/mol. The number of aromatic nitrogens is 1. The fourth-order valence-electron chi connectivity index (χ4n) is 2.59. The molecule has 3 aromatic rings. The molecule has 0 aliphatic carbocycles. The minimum absolute atomic E-state index is 0.126. The molecule has 3 rings (SSSR count). The Bertz CT molecular complexity index is 974. The average molecular weight is 369 g/mol. The summed E-state index contributed by atoms with van der Waals surface area (Å²) in [6, 6.07) is 10.7. The number of primary amides is 1. The number of hydrogen-bond acceptors (Lipinski definition) is 5. The van der Waals surface area contributed by atoms with E-state index in [0.29, 0.717) is 33.4 Å². The lowest BCUT2D eigenvalue weighted by atomic mass is 10.1. The van der Waals surface area contributed by atoms with E-state index < -0.39 is 5.91 Å². The lowest BCUT2D eigenvalue weighted by Crippen LogP contribution is -2.26. The number of nitrogens with two attached hydrogens (primary N) is 1. The zero-order valence-corrected chi connectivity index (χ0v) is 15.6. The number of aryl methyl sites for hydroxylation is 2. The van der Waals surface area contributed by atoms with Crippen molar-refractivity contribution in [2.75, 3.05) is 7.05 Å². The van der Waals surface area contributed by atoms with Crippen LogP contribution in [-0.4, -0.2) is 28.7 Å². The van der Waals surface area contributed by atoms with E-state index in [4.69, 9.17) is 10.2 Å². The fourth-order valence-corrected chi connectivity index (χ4v) is 3.61. The molecular weight excluding hydrogens is 350 g/mol. The first kappa shape index (κ1) is 17.9. The number of furan rings is 1. The van der Waals surface area contributed by atoms with Crippen LogP contribution in [0.3, 0.4) is 0 Å². The lowest BCUT2D eigenvalue weighted by Gasteiger charge is -2.17. The molecule has 0 saturated heterocycles. The van der Waals surface area contributed by atoms with Gasteiger partial charge in [0.1, 0.15) is 10.6 Å². The third-order valence-electron chi connectivity index (χ3n) is 3.92. The van der Waals surface area contributed by atoms with E-state index in [1.807, 2.05) is 32.0 Å². The molecule has 1 aromatic carbocycles. The van der Waals surface area contributed by atoms with Crippen LogP contribution in [0.5, 0.6) is 0 Å². The maximum absolute atomic E-state index is 12.8.